The van der Waals surface area contributed by atoms with Crippen LogP contribution in [-0.2, 0) is 0 Å². The van der Waals surface area contributed by atoms with E-state index in [9.17, 15) is 4.79 Å². The minimum absolute atomic E-state index is 0.0927. The third kappa shape index (κ3) is 2.95. The first kappa shape index (κ1) is 13.2. The molecule has 0 radical (unpaired) electrons. The van der Waals surface area contributed by atoms with Crippen molar-refractivity contribution < 1.29 is 4.79 Å². The summed E-state index contributed by atoms with van der Waals surface area (Å²) < 4.78 is 0. The molecule has 0 aromatic heterocycles. The maximum absolute atomic E-state index is 11.6. The zero-order valence-corrected chi connectivity index (χ0v) is 11.8. The van der Waals surface area contributed by atoms with Crippen LogP contribution in [0.15, 0.2) is 52.3 Å². The van der Waals surface area contributed by atoms with Gasteiger partial charge in [0.2, 0.25) is 0 Å². The number of carbonyl (C=O) groups excluding carboxylic acids is 1. The van der Waals surface area contributed by atoms with Gasteiger partial charge < -0.3 is 0 Å². The van der Waals surface area contributed by atoms with Crippen LogP contribution in [0.3, 0.4) is 0 Å². The molecular formula is C15H13ClOS. The molecule has 0 unspecified atom stereocenters. The number of hydrogen-bond donors (Lipinski definition) is 0. The first-order valence-corrected chi connectivity index (χ1v) is 6.81. The number of benzene rings is 2. The van der Waals surface area contributed by atoms with Crippen molar-refractivity contribution in [3.8, 4) is 0 Å². The van der Waals surface area contributed by atoms with E-state index >= 15 is 0 Å². The van der Waals surface area contributed by atoms with E-state index < -0.39 is 0 Å². The Balaban J connectivity index is 2.39. The van der Waals surface area contributed by atoms with Crippen LogP contribution in [0.5, 0.6) is 0 Å². The quantitative estimate of drug-likeness (QED) is 0.734. The highest BCUT2D eigenvalue weighted by Gasteiger charge is 2.10. The molecule has 2 aromatic carbocycles. The SMILES string of the molecule is CC(=O)c1cccc(C)c1Sc1ccc(Cl)cc1. The number of hydrogen-bond acceptors (Lipinski definition) is 2. The van der Waals surface area contributed by atoms with E-state index in [0.29, 0.717) is 0 Å². The van der Waals surface area contributed by atoms with Crippen molar-refractivity contribution in [3.05, 3.63) is 58.6 Å². The largest absolute Gasteiger partial charge is 0.294 e. The Hall–Kier alpha value is -1.25. The van der Waals surface area contributed by atoms with Gasteiger partial charge in [0.1, 0.15) is 0 Å². The second-order valence-electron chi connectivity index (χ2n) is 4.06. The van der Waals surface area contributed by atoms with Crippen molar-refractivity contribution in [1.29, 1.82) is 0 Å². The molecule has 18 heavy (non-hydrogen) atoms. The number of rotatable bonds is 3. The summed E-state index contributed by atoms with van der Waals surface area (Å²) >= 11 is 7.46. The number of halogens is 1. The molecule has 3 heteroatoms. The highest BCUT2D eigenvalue weighted by molar-refractivity contribution is 7.99. The standard InChI is InChI=1S/C15H13ClOS/c1-10-4-3-5-14(11(2)17)15(10)18-13-8-6-12(16)7-9-13/h3-9H,1-2H3. The van der Waals surface area contributed by atoms with Crippen LogP contribution in [0.2, 0.25) is 5.02 Å². The molecule has 92 valence electrons. The van der Waals surface area contributed by atoms with Crippen LogP contribution in [-0.4, -0.2) is 5.78 Å². The minimum atomic E-state index is 0.0927. The Morgan fingerprint density at radius 1 is 1.11 bits per heavy atom. The second-order valence-corrected chi connectivity index (χ2v) is 5.58. The zero-order valence-electron chi connectivity index (χ0n) is 10.2. The maximum atomic E-state index is 11.6. The molecule has 1 nitrogen and oxygen atoms in total. The molecule has 0 heterocycles. The van der Waals surface area contributed by atoms with Crippen LogP contribution < -0.4 is 0 Å². The number of ketones is 1. The number of Topliss-reactive ketones (excluding diaryl/α,β-unsaturated/α-hetero) is 1. The summed E-state index contributed by atoms with van der Waals surface area (Å²) in [4.78, 5) is 13.7. The Morgan fingerprint density at radius 2 is 1.78 bits per heavy atom. The summed E-state index contributed by atoms with van der Waals surface area (Å²) in [5, 5.41) is 0.718. The second kappa shape index (κ2) is 5.59. The molecule has 0 amide bonds. The van der Waals surface area contributed by atoms with E-state index in [1.807, 2.05) is 49.4 Å². The van der Waals surface area contributed by atoms with Gasteiger partial charge in [-0.05, 0) is 43.7 Å². The van der Waals surface area contributed by atoms with E-state index in [0.717, 1.165) is 25.9 Å². The summed E-state index contributed by atoms with van der Waals surface area (Å²) in [5.41, 5.74) is 1.89. The van der Waals surface area contributed by atoms with Gasteiger partial charge >= 0.3 is 0 Å². The van der Waals surface area contributed by atoms with Crippen LogP contribution in [0.1, 0.15) is 22.8 Å². The lowest BCUT2D eigenvalue weighted by atomic mass is 10.1. The molecule has 2 rings (SSSR count). The minimum Gasteiger partial charge on any atom is -0.294 e. The average Bonchev–Trinajstić information content (AvgIpc) is 2.34. The van der Waals surface area contributed by atoms with Gasteiger partial charge in [-0.2, -0.15) is 0 Å². The highest BCUT2D eigenvalue weighted by atomic mass is 35.5. The molecule has 0 N–H and O–H groups in total. The van der Waals surface area contributed by atoms with Gasteiger partial charge in [-0.15, -0.1) is 0 Å². The number of aryl methyl sites for hydroxylation is 1. The van der Waals surface area contributed by atoms with Crippen LogP contribution in [0.25, 0.3) is 0 Å². The number of carbonyl (C=O) groups is 1. The van der Waals surface area contributed by atoms with E-state index in [1.54, 1.807) is 18.7 Å². The molecular weight excluding hydrogens is 264 g/mol. The molecule has 0 spiro atoms. The van der Waals surface area contributed by atoms with Crippen molar-refractivity contribution in [3.63, 3.8) is 0 Å². The Morgan fingerprint density at radius 3 is 2.39 bits per heavy atom. The fraction of sp³-hybridized carbons (Fsp3) is 0.133. The molecule has 2 aromatic rings. The molecule has 0 saturated carbocycles. The summed E-state index contributed by atoms with van der Waals surface area (Å²) in [5.74, 6) is 0.0927. The van der Waals surface area contributed by atoms with Gasteiger partial charge in [-0.3, -0.25) is 4.79 Å². The van der Waals surface area contributed by atoms with Crippen LogP contribution in [0.4, 0.5) is 0 Å². The van der Waals surface area contributed by atoms with Gasteiger partial charge in [-0.1, -0.05) is 41.6 Å². The molecule has 0 aliphatic rings. The van der Waals surface area contributed by atoms with Crippen molar-refractivity contribution in [1.82, 2.24) is 0 Å². The zero-order chi connectivity index (χ0) is 13.1. The van der Waals surface area contributed by atoms with Gasteiger partial charge in [0.05, 0.1) is 0 Å². The summed E-state index contributed by atoms with van der Waals surface area (Å²) in [7, 11) is 0. The average molecular weight is 277 g/mol. The third-order valence-corrected chi connectivity index (χ3v) is 4.13. The van der Waals surface area contributed by atoms with Crippen molar-refractivity contribution >= 4 is 29.1 Å². The van der Waals surface area contributed by atoms with Gasteiger partial charge in [0, 0.05) is 20.4 Å². The summed E-state index contributed by atoms with van der Waals surface area (Å²) in [6.45, 7) is 3.62. The van der Waals surface area contributed by atoms with Crippen molar-refractivity contribution in [2.24, 2.45) is 0 Å². The Bertz CT molecular complexity index is 576. The molecule has 0 fully saturated rings. The van der Waals surface area contributed by atoms with Gasteiger partial charge in [0.15, 0.2) is 5.78 Å². The maximum Gasteiger partial charge on any atom is 0.160 e. The van der Waals surface area contributed by atoms with Crippen LogP contribution in [0, 0.1) is 6.92 Å². The molecule has 0 atom stereocenters. The normalized spacial score (nSPS) is 10.4. The molecule has 0 saturated heterocycles. The third-order valence-electron chi connectivity index (χ3n) is 2.62. The van der Waals surface area contributed by atoms with Crippen molar-refractivity contribution in [2.45, 2.75) is 23.6 Å². The fourth-order valence-electron chi connectivity index (χ4n) is 1.69. The Labute approximate surface area is 116 Å². The smallest absolute Gasteiger partial charge is 0.160 e. The topological polar surface area (TPSA) is 17.1 Å². The van der Waals surface area contributed by atoms with E-state index in [2.05, 4.69) is 0 Å². The lowest BCUT2D eigenvalue weighted by Crippen LogP contribution is -1.96. The van der Waals surface area contributed by atoms with E-state index in [1.165, 1.54) is 0 Å². The van der Waals surface area contributed by atoms with E-state index in [4.69, 9.17) is 11.6 Å². The first-order chi connectivity index (χ1) is 8.58. The predicted molar refractivity (Wildman–Crippen MR) is 76.8 cm³/mol. The highest BCUT2D eigenvalue weighted by Crippen LogP contribution is 2.33. The van der Waals surface area contributed by atoms with Crippen molar-refractivity contribution in [2.75, 3.05) is 0 Å². The van der Waals surface area contributed by atoms with Crippen LogP contribution >= 0.6 is 23.4 Å². The lowest BCUT2D eigenvalue weighted by Gasteiger charge is -2.10. The predicted octanol–water partition coefficient (Wildman–Crippen LogP) is 5.00. The lowest BCUT2D eigenvalue weighted by molar-refractivity contribution is 0.101. The molecule has 0 bridgehead atoms. The summed E-state index contributed by atoms with van der Waals surface area (Å²) in [6, 6.07) is 13.4. The fourth-order valence-corrected chi connectivity index (χ4v) is 2.87. The van der Waals surface area contributed by atoms with E-state index in [-0.39, 0.29) is 5.78 Å². The van der Waals surface area contributed by atoms with Gasteiger partial charge in [-0.25, -0.2) is 0 Å². The summed E-state index contributed by atoms with van der Waals surface area (Å²) in [6.07, 6.45) is 0. The molecule has 0 aliphatic heterocycles. The Kier molecular flexibility index (Phi) is 4.10. The van der Waals surface area contributed by atoms with Gasteiger partial charge in [0.25, 0.3) is 0 Å². The monoisotopic (exact) mass is 276 g/mol. The molecule has 0 aliphatic carbocycles. The first-order valence-electron chi connectivity index (χ1n) is 5.62.